The lowest BCUT2D eigenvalue weighted by Crippen LogP contribution is -2.50. The summed E-state index contributed by atoms with van der Waals surface area (Å²) in [7, 11) is -3.13. The molecule has 0 bridgehead atoms. The van der Waals surface area contributed by atoms with Crippen molar-refractivity contribution in [1.29, 1.82) is 0 Å². The van der Waals surface area contributed by atoms with Crippen molar-refractivity contribution >= 4 is 27.7 Å². The van der Waals surface area contributed by atoms with Crippen molar-refractivity contribution in [3.05, 3.63) is 24.2 Å². The van der Waals surface area contributed by atoms with Gasteiger partial charge in [-0.3, -0.25) is 9.69 Å². The molecule has 2 heterocycles. The summed E-state index contributed by atoms with van der Waals surface area (Å²) < 4.78 is 30.4. The smallest absolute Gasteiger partial charge is 0.414 e. The Kier molecular flexibility index (Phi) is 8.42. The topological polar surface area (TPSA) is 145 Å². The van der Waals surface area contributed by atoms with E-state index in [9.17, 15) is 13.2 Å². The van der Waals surface area contributed by atoms with Gasteiger partial charge in [-0.15, -0.1) is 0 Å². The second-order valence-electron chi connectivity index (χ2n) is 5.50. The van der Waals surface area contributed by atoms with E-state index < -0.39 is 22.0 Å². The number of sulfonamides is 1. The number of carbonyl (C=O) groups is 3. The molecule has 1 aliphatic rings. The normalized spacial score (nSPS) is 15.7. The Morgan fingerprint density at radius 2 is 1.69 bits per heavy atom. The van der Waals surface area contributed by atoms with Crippen LogP contribution in [0.2, 0.25) is 0 Å². The minimum atomic E-state index is -3.13. The monoisotopic (exact) mass is 390 g/mol. The molecule has 2 N–H and O–H groups in total. The summed E-state index contributed by atoms with van der Waals surface area (Å²) in [6.07, 6.45) is 2.10. The Labute approximate surface area is 151 Å². The van der Waals surface area contributed by atoms with Gasteiger partial charge in [0.15, 0.2) is 5.76 Å². The van der Waals surface area contributed by atoms with Gasteiger partial charge in [0.05, 0.1) is 18.6 Å². The maximum absolute atomic E-state index is 11.9. The number of carboxylic acid groups (broad SMARTS) is 2. The lowest BCUT2D eigenvalue weighted by Gasteiger charge is -2.33. The molecule has 0 spiro atoms. The maximum atomic E-state index is 11.9. The molecule has 146 valence electrons. The van der Waals surface area contributed by atoms with Crippen molar-refractivity contribution in [3.63, 3.8) is 0 Å². The van der Waals surface area contributed by atoms with Crippen molar-refractivity contribution in [2.45, 2.75) is 13.3 Å². The molecule has 10 nitrogen and oxygen atoms in total. The van der Waals surface area contributed by atoms with E-state index in [1.54, 1.807) is 12.1 Å². The molecule has 0 aromatic carbocycles. The number of hydrogen-bond acceptors (Lipinski definition) is 7. The highest BCUT2D eigenvalue weighted by Gasteiger charge is 2.27. The molecule has 1 saturated heterocycles. The van der Waals surface area contributed by atoms with Crippen LogP contribution in [0.5, 0.6) is 0 Å². The van der Waals surface area contributed by atoms with E-state index in [0.29, 0.717) is 38.4 Å². The predicted molar refractivity (Wildman–Crippen MR) is 90.4 cm³/mol. The van der Waals surface area contributed by atoms with Crippen LogP contribution in [0.4, 0.5) is 0 Å². The Morgan fingerprint density at radius 1 is 1.12 bits per heavy atom. The summed E-state index contributed by atoms with van der Waals surface area (Å²) in [4.78, 5) is 32.0. The molecule has 1 aliphatic heterocycles. The van der Waals surface area contributed by atoms with Gasteiger partial charge < -0.3 is 14.6 Å². The zero-order chi connectivity index (χ0) is 19.7. The summed E-state index contributed by atoms with van der Waals surface area (Å²) in [6, 6.07) is 3.33. The number of furan rings is 1. The summed E-state index contributed by atoms with van der Waals surface area (Å²) in [5.74, 6) is -3.17. The molecule has 2 rings (SSSR count). The number of Topliss-reactive ketones (excluding diaryl/α,β-unsaturated/α-hetero) is 1. The second-order valence-corrected chi connectivity index (χ2v) is 7.59. The Bertz CT molecular complexity index is 694. The Balaban J connectivity index is 0.000000487. The summed E-state index contributed by atoms with van der Waals surface area (Å²) in [5.41, 5.74) is 0. The quantitative estimate of drug-likeness (QED) is 0.505. The lowest BCUT2D eigenvalue weighted by molar-refractivity contribution is -0.159. The fraction of sp³-hybridized carbons (Fsp3) is 0.533. The van der Waals surface area contributed by atoms with Crippen LogP contribution in [0.1, 0.15) is 23.9 Å². The Morgan fingerprint density at radius 3 is 2.12 bits per heavy atom. The van der Waals surface area contributed by atoms with Gasteiger partial charge in [0.25, 0.3) is 0 Å². The maximum Gasteiger partial charge on any atom is 0.414 e. The van der Waals surface area contributed by atoms with Gasteiger partial charge in [-0.25, -0.2) is 18.0 Å². The highest BCUT2D eigenvalue weighted by molar-refractivity contribution is 7.89. The van der Waals surface area contributed by atoms with Crippen LogP contribution in [0.25, 0.3) is 0 Å². The van der Waals surface area contributed by atoms with Gasteiger partial charge >= 0.3 is 11.9 Å². The molecule has 0 unspecified atom stereocenters. The van der Waals surface area contributed by atoms with E-state index in [1.165, 1.54) is 10.6 Å². The van der Waals surface area contributed by atoms with Crippen molar-refractivity contribution in [3.8, 4) is 0 Å². The molecule has 11 heteroatoms. The molecule has 1 aromatic heterocycles. The number of ketones is 1. The van der Waals surface area contributed by atoms with Crippen LogP contribution in [-0.2, 0) is 19.6 Å². The van der Waals surface area contributed by atoms with Crippen molar-refractivity contribution in [2.75, 3.05) is 38.5 Å². The van der Waals surface area contributed by atoms with Crippen molar-refractivity contribution in [2.24, 2.45) is 0 Å². The van der Waals surface area contributed by atoms with E-state index in [-0.39, 0.29) is 18.1 Å². The molecule has 1 aromatic rings. The number of nitrogens with zero attached hydrogens (tertiary/aromatic N) is 2. The van der Waals surface area contributed by atoms with Gasteiger partial charge in [-0.1, -0.05) is 6.92 Å². The third-order valence-electron chi connectivity index (χ3n) is 3.53. The first-order chi connectivity index (χ1) is 12.2. The van der Waals surface area contributed by atoms with Crippen LogP contribution in [0.3, 0.4) is 0 Å². The average Bonchev–Trinajstić information content (AvgIpc) is 3.10. The molecule has 0 amide bonds. The first-order valence-electron chi connectivity index (χ1n) is 7.90. The SMILES string of the molecule is CCCS(=O)(=O)N1CCN(CC(=O)c2ccco2)CC1.O=C(O)C(=O)O. The molecular formula is C15H22N2O8S. The van der Waals surface area contributed by atoms with Gasteiger partial charge in [0, 0.05) is 26.2 Å². The van der Waals surface area contributed by atoms with E-state index >= 15 is 0 Å². The third-order valence-corrected chi connectivity index (χ3v) is 5.61. The number of carbonyl (C=O) groups excluding carboxylic acids is 1. The number of hydrogen-bond donors (Lipinski definition) is 2. The standard InChI is InChI=1S/C13H20N2O4S.C2H2O4/c1-2-10-20(17,18)15-7-5-14(6-8-15)11-12(16)13-4-3-9-19-13;3-1(4)2(5)6/h3-4,9H,2,5-8,10-11H2,1H3;(H,3,4)(H,5,6). The zero-order valence-electron chi connectivity index (χ0n) is 14.3. The number of rotatable bonds is 6. The molecule has 0 radical (unpaired) electrons. The fourth-order valence-electron chi connectivity index (χ4n) is 2.27. The minimum absolute atomic E-state index is 0.0696. The van der Waals surface area contributed by atoms with E-state index in [4.69, 9.17) is 24.2 Å². The summed E-state index contributed by atoms with van der Waals surface area (Å²) in [6.45, 7) is 4.19. The van der Waals surface area contributed by atoms with Crippen LogP contribution in [0, 0.1) is 0 Å². The van der Waals surface area contributed by atoms with E-state index in [1.807, 2.05) is 11.8 Å². The van der Waals surface area contributed by atoms with E-state index in [0.717, 1.165) is 0 Å². The van der Waals surface area contributed by atoms with Crippen LogP contribution in [0.15, 0.2) is 22.8 Å². The van der Waals surface area contributed by atoms with Crippen LogP contribution in [-0.4, -0.2) is 84.0 Å². The fourth-order valence-corrected chi connectivity index (χ4v) is 3.76. The van der Waals surface area contributed by atoms with Gasteiger partial charge in [0.2, 0.25) is 15.8 Å². The highest BCUT2D eigenvalue weighted by atomic mass is 32.2. The third kappa shape index (κ3) is 6.94. The molecule has 0 aliphatic carbocycles. The van der Waals surface area contributed by atoms with Crippen molar-refractivity contribution < 1.29 is 37.4 Å². The molecular weight excluding hydrogens is 368 g/mol. The predicted octanol–water partition coefficient (Wildman–Crippen LogP) is -0.0247. The highest BCUT2D eigenvalue weighted by Crippen LogP contribution is 2.10. The molecule has 26 heavy (non-hydrogen) atoms. The van der Waals surface area contributed by atoms with Crippen LogP contribution < -0.4 is 0 Å². The largest absolute Gasteiger partial charge is 0.473 e. The van der Waals surface area contributed by atoms with Gasteiger partial charge in [0.1, 0.15) is 0 Å². The van der Waals surface area contributed by atoms with E-state index in [2.05, 4.69) is 0 Å². The molecule has 1 fully saturated rings. The first kappa shape index (κ1) is 21.8. The van der Waals surface area contributed by atoms with Gasteiger partial charge in [-0.05, 0) is 18.6 Å². The second kappa shape index (κ2) is 10.0. The number of aliphatic carboxylic acids is 2. The number of carboxylic acids is 2. The summed E-state index contributed by atoms with van der Waals surface area (Å²) >= 11 is 0. The molecule has 0 saturated carbocycles. The zero-order valence-corrected chi connectivity index (χ0v) is 15.1. The summed E-state index contributed by atoms with van der Waals surface area (Å²) in [5, 5.41) is 14.8. The lowest BCUT2D eigenvalue weighted by atomic mass is 10.2. The van der Waals surface area contributed by atoms with Crippen LogP contribution >= 0.6 is 0 Å². The molecule has 0 atom stereocenters. The average molecular weight is 390 g/mol. The number of piperazine rings is 1. The van der Waals surface area contributed by atoms with Crippen molar-refractivity contribution in [1.82, 2.24) is 9.21 Å². The minimum Gasteiger partial charge on any atom is -0.473 e. The van der Waals surface area contributed by atoms with Gasteiger partial charge in [-0.2, -0.15) is 4.31 Å². The Hall–Kier alpha value is -2.24. The first-order valence-corrected chi connectivity index (χ1v) is 9.51.